The fourth-order valence-corrected chi connectivity index (χ4v) is 2.92. The number of halogens is 3. The van der Waals surface area contributed by atoms with E-state index in [1.807, 2.05) is 0 Å². The summed E-state index contributed by atoms with van der Waals surface area (Å²) in [4.78, 5) is 14.1. The third-order valence-electron chi connectivity index (χ3n) is 4.24. The number of nitrogens with zero attached hydrogens (tertiary/aromatic N) is 2. The lowest BCUT2D eigenvalue weighted by molar-refractivity contribution is -0.137. The smallest absolute Gasteiger partial charge is 0.359 e. The Balaban J connectivity index is 1.85. The fraction of sp³-hybridized carbons (Fsp3) is 0.500. The maximum Gasteiger partial charge on any atom is 0.417 e. The van der Waals surface area contributed by atoms with Gasteiger partial charge in [-0.05, 0) is 43.9 Å². The van der Waals surface area contributed by atoms with Crippen LogP contribution in [0.5, 0.6) is 0 Å². The first-order valence-corrected chi connectivity index (χ1v) is 7.58. The molecule has 1 amide bonds. The summed E-state index contributed by atoms with van der Waals surface area (Å²) in [6.07, 6.45) is -1.13. The molecule has 0 radical (unpaired) electrons. The Kier molecular flexibility index (Phi) is 3.92. The molecule has 0 aromatic heterocycles. The van der Waals surface area contributed by atoms with Gasteiger partial charge in [-0.15, -0.1) is 0 Å². The molecule has 1 saturated carbocycles. The fourth-order valence-electron chi connectivity index (χ4n) is 2.92. The molecular weight excluding hydrogens is 307 g/mol. The molecule has 23 heavy (non-hydrogen) atoms. The normalized spacial score (nSPS) is 21.1. The Morgan fingerprint density at radius 1 is 1.30 bits per heavy atom. The van der Waals surface area contributed by atoms with Gasteiger partial charge in [-0.2, -0.15) is 18.4 Å². The summed E-state index contributed by atoms with van der Waals surface area (Å²) in [6, 6.07) is 4.96. The van der Waals surface area contributed by atoms with Gasteiger partial charge < -0.3 is 10.2 Å². The van der Waals surface area contributed by atoms with E-state index in [-0.39, 0.29) is 18.0 Å². The van der Waals surface area contributed by atoms with Gasteiger partial charge in [0.25, 0.3) is 0 Å². The monoisotopic (exact) mass is 323 g/mol. The zero-order valence-corrected chi connectivity index (χ0v) is 12.4. The summed E-state index contributed by atoms with van der Waals surface area (Å²) < 4.78 is 38.6. The van der Waals surface area contributed by atoms with Crippen LogP contribution in [0.25, 0.3) is 0 Å². The SMILES string of the molecule is N#Cc1cc(N2CCCC2C(=O)NC2CC2)ccc1C(F)(F)F. The molecule has 1 aromatic carbocycles. The molecule has 0 bridgehead atoms. The van der Waals surface area contributed by atoms with Gasteiger partial charge in [-0.25, -0.2) is 0 Å². The molecule has 4 nitrogen and oxygen atoms in total. The summed E-state index contributed by atoms with van der Waals surface area (Å²) in [7, 11) is 0. The van der Waals surface area contributed by atoms with Crippen LogP contribution in [0.2, 0.25) is 0 Å². The average molecular weight is 323 g/mol. The highest BCUT2D eigenvalue weighted by atomic mass is 19.4. The van der Waals surface area contributed by atoms with Gasteiger partial charge in [0.05, 0.1) is 17.2 Å². The molecule has 1 aliphatic heterocycles. The van der Waals surface area contributed by atoms with Crippen molar-refractivity contribution in [3.8, 4) is 6.07 Å². The quantitative estimate of drug-likeness (QED) is 0.930. The van der Waals surface area contributed by atoms with Crippen LogP contribution in [-0.4, -0.2) is 24.5 Å². The molecule has 1 N–H and O–H groups in total. The van der Waals surface area contributed by atoms with Crippen LogP contribution in [0.15, 0.2) is 18.2 Å². The highest BCUT2D eigenvalue weighted by molar-refractivity contribution is 5.86. The molecule has 122 valence electrons. The number of rotatable bonds is 3. The number of amides is 1. The molecule has 1 aromatic rings. The number of hydrogen-bond donors (Lipinski definition) is 1. The van der Waals surface area contributed by atoms with Crippen LogP contribution in [-0.2, 0) is 11.0 Å². The minimum Gasteiger partial charge on any atom is -0.359 e. The molecule has 7 heteroatoms. The van der Waals surface area contributed by atoms with Crippen molar-refractivity contribution in [2.24, 2.45) is 0 Å². The van der Waals surface area contributed by atoms with Gasteiger partial charge in [0.1, 0.15) is 6.04 Å². The first-order valence-electron chi connectivity index (χ1n) is 7.58. The first-order chi connectivity index (χ1) is 10.9. The van der Waals surface area contributed by atoms with Gasteiger partial charge in [-0.1, -0.05) is 0 Å². The Bertz CT molecular complexity index is 662. The summed E-state index contributed by atoms with van der Waals surface area (Å²) in [5, 5.41) is 11.9. The largest absolute Gasteiger partial charge is 0.417 e. The number of carbonyl (C=O) groups is 1. The van der Waals surface area contributed by atoms with Crippen molar-refractivity contribution < 1.29 is 18.0 Å². The standard InChI is InChI=1S/C16H16F3N3O/c17-16(18,19)13-6-5-12(8-10(13)9-20)22-7-1-2-14(22)15(23)21-11-3-4-11/h5-6,8,11,14H,1-4,7H2,(H,21,23). The Morgan fingerprint density at radius 2 is 2.04 bits per heavy atom. The van der Waals surface area contributed by atoms with E-state index in [0.29, 0.717) is 18.7 Å². The number of anilines is 1. The van der Waals surface area contributed by atoms with Gasteiger partial charge in [0, 0.05) is 18.3 Å². The molecule has 1 saturated heterocycles. The second-order valence-electron chi connectivity index (χ2n) is 5.97. The van der Waals surface area contributed by atoms with E-state index in [0.717, 1.165) is 25.3 Å². The molecule has 1 unspecified atom stereocenters. The summed E-state index contributed by atoms with van der Waals surface area (Å²) in [5.41, 5.74) is -0.867. The van der Waals surface area contributed by atoms with Gasteiger partial charge in [0.15, 0.2) is 0 Å². The summed E-state index contributed by atoms with van der Waals surface area (Å²) in [6.45, 7) is 0.596. The number of hydrogen-bond acceptors (Lipinski definition) is 3. The lowest BCUT2D eigenvalue weighted by Gasteiger charge is -2.26. The van der Waals surface area contributed by atoms with Crippen LogP contribution in [0.4, 0.5) is 18.9 Å². The number of carbonyl (C=O) groups excluding carboxylic acids is 1. The van der Waals surface area contributed by atoms with Crippen molar-refractivity contribution in [1.82, 2.24) is 5.32 Å². The first kappa shape index (κ1) is 15.7. The minimum absolute atomic E-state index is 0.0802. The number of nitrogens with one attached hydrogen (secondary N) is 1. The summed E-state index contributed by atoms with van der Waals surface area (Å²) in [5.74, 6) is -0.0802. The van der Waals surface area contributed by atoms with Crippen molar-refractivity contribution in [2.45, 2.75) is 43.9 Å². The van der Waals surface area contributed by atoms with Crippen LogP contribution in [0.1, 0.15) is 36.8 Å². The summed E-state index contributed by atoms with van der Waals surface area (Å²) >= 11 is 0. The van der Waals surface area contributed by atoms with Crippen molar-refractivity contribution >= 4 is 11.6 Å². The van der Waals surface area contributed by atoms with Crippen molar-refractivity contribution in [1.29, 1.82) is 5.26 Å². The van der Waals surface area contributed by atoms with E-state index in [1.165, 1.54) is 12.1 Å². The average Bonchev–Trinajstić information content (AvgIpc) is 3.17. The molecule has 1 aliphatic carbocycles. The lowest BCUT2D eigenvalue weighted by Crippen LogP contribution is -2.44. The highest BCUT2D eigenvalue weighted by Crippen LogP contribution is 2.35. The maximum atomic E-state index is 12.9. The van der Waals surface area contributed by atoms with E-state index in [4.69, 9.17) is 5.26 Å². The number of benzene rings is 1. The van der Waals surface area contributed by atoms with E-state index in [9.17, 15) is 18.0 Å². The van der Waals surface area contributed by atoms with Crippen molar-refractivity contribution in [3.63, 3.8) is 0 Å². The van der Waals surface area contributed by atoms with Crippen molar-refractivity contribution in [3.05, 3.63) is 29.3 Å². The molecule has 1 heterocycles. The molecule has 1 atom stereocenters. The van der Waals surface area contributed by atoms with Gasteiger partial charge >= 0.3 is 6.18 Å². The number of nitriles is 1. The minimum atomic E-state index is -4.56. The third-order valence-corrected chi connectivity index (χ3v) is 4.24. The van der Waals surface area contributed by atoms with Crippen LogP contribution >= 0.6 is 0 Å². The third kappa shape index (κ3) is 3.26. The topological polar surface area (TPSA) is 56.1 Å². The van der Waals surface area contributed by atoms with Crippen LogP contribution < -0.4 is 10.2 Å². The van der Waals surface area contributed by atoms with E-state index < -0.39 is 17.3 Å². The second kappa shape index (κ2) is 5.76. The predicted octanol–water partition coefficient (Wildman–Crippen LogP) is 2.82. The molecule has 3 rings (SSSR count). The van der Waals surface area contributed by atoms with Crippen LogP contribution in [0, 0.1) is 11.3 Å². The Labute approximate surface area is 131 Å². The molecule has 2 aliphatic rings. The highest BCUT2D eigenvalue weighted by Gasteiger charge is 2.36. The van der Waals surface area contributed by atoms with Crippen LogP contribution in [0.3, 0.4) is 0 Å². The van der Waals surface area contributed by atoms with E-state index in [2.05, 4.69) is 5.32 Å². The maximum absolute atomic E-state index is 12.9. The lowest BCUT2D eigenvalue weighted by atomic mass is 10.1. The van der Waals surface area contributed by atoms with E-state index in [1.54, 1.807) is 11.0 Å². The zero-order valence-electron chi connectivity index (χ0n) is 12.4. The van der Waals surface area contributed by atoms with Gasteiger partial charge in [0.2, 0.25) is 5.91 Å². The van der Waals surface area contributed by atoms with Gasteiger partial charge in [-0.3, -0.25) is 4.79 Å². The Morgan fingerprint density at radius 3 is 2.65 bits per heavy atom. The van der Waals surface area contributed by atoms with E-state index >= 15 is 0 Å². The predicted molar refractivity (Wildman–Crippen MR) is 77.7 cm³/mol. The van der Waals surface area contributed by atoms with Crippen molar-refractivity contribution in [2.75, 3.05) is 11.4 Å². The molecule has 2 fully saturated rings. The molecular formula is C16H16F3N3O. The second-order valence-corrected chi connectivity index (χ2v) is 5.97. The molecule has 0 spiro atoms. The zero-order chi connectivity index (χ0) is 16.6. The Hall–Kier alpha value is -2.23. The number of alkyl halides is 3.